The Kier molecular flexibility index (Phi) is 4.37. The lowest BCUT2D eigenvalue weighted by Gasteiger charge is -2.14. The Labute approximate surface area is 104 Å². The van der Waals surface area contributed by atoms with E-state index in [9.17, 15) is 0 Å². The van der Waals surface area contributed by atoms with Gasteiger partial charge >= 0.3 is 0 Å². The predicted octanol–water partition coefficient (Wildman–Crippen LogP) is 0.0217. The van der Waals surface area contributed by atoms with Crippen molar-refractivity contribution < 1.29 is 9.26 Å². The normalized spacial score (nSPS) is 12.8. The maximum atomic E-state index is 5.17. The molecule has 8 nitrogen and oxygen atoms in total. The Hall–Kier alpha value is -1.80. The predicted molar refractivity (Wildman–Crippen MR) is 62.7 cm³/mol. The van der Waals surface area contributed by atoms with Gasteiger partial charge in [0.1, 0.15) is 6.33 Å². The number of likely N-dealkylation sites (N-methyl/N-ethyl adjacent to an activating group) is 1. The van der Waals surface area contributed by atoms with Crippen molar-refractivity contribution in [2.45, 2.75) is 19.4 Å². The van der Waals surface area contributed by atoms with Gasteiger partial charge in [0.15, 0.2) is 5.82 Å². The molecule has 18 heavy (non-hydrogen) atoms. The standard InChI is InChI=1S/C10H16N6O2/c1-3-11-7(5-17-2)4-8-14-10(16-18-8)9-12-6-13-15-9/h6-7,11H,3-5H2,1-2H3,(H,12,13,15). The molecular weight excluding hydrogens is 236 g/mol. The third kappa shape index (κ3) is 3.11. The summed E-state index contributed by atoms with van der Waals surface area (Å²) >= 11 is 0. The average Bonchev–Trinajstić information content (AvgIpc) is 2.98. The van der Waals surface area contributed by atoms with E-state index in [1.54, 1.807) is 7.11 Å². The fourth-order valence-corrected chi connectivity index (χ4v) is 1.64. The van der Waals surface area contributed by atoms with E-state index in [2.05, 4.69) is 30.6 Å². The maximum absolute atomic E-state index is 5.17. The summed E-state index contributed by atoms with van der Waals surface area (Å²) in [7, 11) is 1.66. The number of aromatic nitrogens is 5. The third-order valence-electron chi connectivity index (χ3n) is 2.38. The number of H-pyrrole nitrogens is 1. The number of aromatic amines is 1. The van der Waals surface area contributed by atoms with Crippen LogP contribution in [0.1, 0.15) is 12.8 Å². The van der Waals surface area contributed by atoms with Gasteiger partial charge in [0.2, 0.25) is 11.7 Å². The van der Waals surface area contributed by atoms with Gasteiger partial charge in [-0.1, -0.05) is 12.1 Å². The third-order valence-corrected chi connectivity index (χ3v) is 2.38. The summed E-state index contributed by atoms with van der Waals surface area (Å²) < 4.78 is 10.3. The van der Waals surface area contributed by atoms with E-state index < -0.39 is 0 Å². The van der Waals surface area contributed by atoms with Gasteiger partial charge in [-0.2, -0.15) is 10.1 Å². The topological polar surface area (TPSA) is 102 Å². The second kappa shape index (κ2) is 6.22. The lowest BCUT2D eigenvalue weighted by atomic mass is 10.2. The fraction of sp³-hybridized carbons (Fsp3) is 0.600. The lowest BCUT2D eigenvalue weighted by molar-refractivity contribution is 0.162. The van der Waals surface area contributed by atoms with E-state index in [1.165, 1.54) is 6.33 Å². The largest absolute Gasteiger partial charge is 0.383 e. The molecule has 0 aliphatic carbocycles. The molecule has 0 radical (unpaired) electrons. The minimum Gasteiger partial charge on any atom is -0.383 e. The quantitative estimate of drug-likeness (QED) is 0.716. The maximum Gasteiger partial charge on any atom is 0.239 e. The molecule has 0 aliphatic rings. The van der Waals surface area contributed by atoms with Crippen LogP contribution in [-0.2, 0) is 11.2 Å². The van der Waals surface area contributed by atoms with Crippen LogP contribution in [0.15, 0.2) is 10.9 Å². The van der Waals surface area contributed by atoms with E-state index in [0.717, 1.165) is 6.54 Å². The molecule has 2 aromatic rings. The van der Waals surface area contributed by atoms with E-state index in [4.69, 9.17) is 9.26 Å². The van der Waals surface area contributed by atoms with E-state index in [0.29, 0.717) is 30.6 Å². The molecule has 0 spiro atoms. The molecule has 2 heterocycles. The van der Waals surface area contributed by atoms with Gasteiger partial charge in [-0.3, -0.25) is 5.10 Å². The summed E-state index contributed by atoms with van der Waals surface area (Å²) in [4.78, 5) is 8.21. The summed E-state index contributed by atoms with van der Waals surface area (Å²) in [6.07, 6.45) is 2.01. The lowest BCUT2D eigenvalue weighted by Crippen LogP contribution is -2.35. The summed E-state index contributed by atoms with van der Waals surface area (Å²) in [5, 5.41) is 13.6. The summed E-state index contributed by atoms with van der Waals surface area (Å²) in [6, 6.07) is 0.156. The van der Waals surface area contributed by atoms with Crippen LogP contribution in [0.3, 0.4) is 0 Å². The van der Waals surface area contributed by atoms with Crippen molar-refractivity contribution in [3.05, 3.63) is 12.2 Å². The van der Waals surface area contributed by atoms with Gasteiger partial charge in [0, 0.05) is 19.6 Å². The molecule has 98 valence electrons. The molecule has 0 saturated carbocycles. The van der Waals surface area contributed by atoms with Crippen molar-refractivity contribution in [3.63, 3.8) is 0 Å². The van der Waals surface area contributed by atoms with E-state index >= 15 is 0 Å². The number of methoxy groups -OCH3 is 1. The number of nitrogens with one attached hydrogen (secondary N) is 2. The van der Waals surface area contributed by atoms with Crippen LogP contribution in [-0.4, -0.2) is 51.6 Å². The Morgan fingerprint density at radius 2 is 2.44 bits per heavy atom. The molecule has 1 unspecified atom stereocenters. The molecule has 8 heteroatoms. The zero-order valence-corrected chi connectivity index (χ0v) is 10.4. The number of nitrogens with zero attached hydrogens (tertiary/aromatic N) is 4. The summed E-state index contributed by atoms with van der Waals surface area (Å²) in [5.41, 5.74) is 0. The summed E-state index contributed by atoms with van der Waals surface area (Å²) in [5.74, 6) is 1.45. The van der Waals surface area contributed by atoms with Crippen LogP contribution in [0, 0.1) is 0 Å². The Balaban J connectivity index is 2.01. The van der Waals surface area contributed by atoms with Crippen LogP contribution in [0.25, 0.3) is 11.6 Å². The van der Waals surface area contributed by atoms with Crippen molar-refractivity contribution >= 4 is 0 Å². The molecule has 0 bridgehead atoms. The zero-order valence-electron chi connectivity index (χ0n) is 10.4. The molecule has 0 aliphatic heterocycles. The SMILES string of the molecule is CCNC(COC)Cc1nc(-c2ncn[nH]2)no1. The highest BCUT2D eigenvalue weighted by molar-refractivity contribution is 5.39. The Morgan fingerprint density at radius 3 is 3.11 bits per heavy atom. The second-order valence-corrected chi connectivity index (χ2v) is 3.76. The van der Waals surface area contributed by atoms with Gasteiger partial charge in [-0.15, -0.1) is 0 Å². The number of hydrogen-bond acceptors (Lipinski definition) is 7. The van der Waals surface area contributed by atoms with E-state index in [1.807, 2.05) is 6.92 Å². The Bertz CT molecular complexity index is 449. The molecule has 2 N–H and O–H groups in total. The first-order chi connectivity index (χ1) is 8.83. The van der Waals surface area contributed by atoms with Crippen molar-refractivity contribution in [3.8, 4) is 11.6 Å². The van der Waals surface area contributed by atoms with Gasteiger partial charge in [0.25, 0.3) is 0 Å². The van der Waals surface area contributed by atoms with Gasteiger partial charge in [0.05, 0.1) is 6.61 Å². The summed E-state index contributed by atoms with van der Waals surface area (Å²) in [6.45, 7) is 3.49. The molecule has 0 saturated heterocycles. The highest BCUT2D eigenvalue weighted by Gasteiger charge is 2.15. The van der Waals surface area contributed by atoms with Crippen LogP contribution >= 0.6 is 0 Å². The number of rotatable bonds is 7. The highest BCUT2D eigenvalue weighted by atomic mass is 16.5. The van der Waals surface area contributed by atoms with Crippen LogP contribution in [0.5, 0.6) is 0 Å². The zero-order chi connectivity index (χ0) is 12.8. The minimum absolute atomic E-state index is 0.156. The first-order valence-corrected chi connectivity index (χ1v) is 5.74. The molecular formula is C10H16N6O2. The number of hydrogen-bond donors (Lipinski definition) is 2. The average molecular weight is 252 g/mol. The van der Waals surface area contributed by atoms with E-state index in [-0.39, 0.29) is 6.04 Å². The van der Waals surface area contributed by atoms with Crippen molar-refractivity contribution in [2.24, 2.45) is 0 Å². The first-order valence-electron chi connectivity index (χ1n) is 5.74. The smallest absolute Gasteiger partial charge is 0.239 e. The van der Waals surface area contributed by atoms with Gasteiger partial charge < -0.3 is 14.6 Å². The molecule has 0 fully saturated rings. The fourth-order valence-electron chi connectivity index (χ4n) is 1.64. The Morgan fingerprint density at radius 1 is 1.56 bits per heavy atom. The monoisotopic (exact) mass is 252 g/mol. The second-order valence-electron chi connectivity index (χ2n) is 3.76. The van der Waals surface area contributed by atoms with Gasteiger partial charge in [-0.05, 0) is 6.54 Å². The van der Waals surface area contributed by atoms with Crippen LogP contribution < -0.4 is 5.32 Å². The molecule has 2 aromatic heterocycles. The van der Waals surface area contributed by atoms with Crippen LogP contribution in [0.2, 0.25) is 0 Å². The first kappa shape index (κ1) is 12.7. The molecule has 1 atom stereocenters. The van der Waals surface area contributed by atoms with Crippen LogP contribution in [0.4, 0.5) is 0 Å². The van der Waals surface area contributed by atoms with Crippen molar-refractivity contribution in [1.82, 2.24) is 30.6 Å². The number of ether oxygens (including phenoxy) is 1. The molecule has 2 rings (SSSR count). The molecule has 0 amide bonds. The molecule has 0 aromatic carbocycles. The van der Waals surface area contributed by atoms with Gasteiger partial charge in [-0.25, -0.2) is 4.98 Å². The van der Waals surface area contributed by atoms with Crippen molar-refractivity contribution in [2.75, 3.05) is 20.3 Å². The van der Waals surface area contributed by atoms with Crippen molar-refractivity contribution in [1.29, 1.82) is 0 Å². The minimum atomic E-state index is 0.156. The highest BCUT2D eigenvalue weighted by Crippen LogP contribution is 2.10.